The number of fused-ring (bicyclic) bond motifs is 2. The Bertz CT molecular complexity index is 1160. The summed E-state index contributed by atoms with van der Waals surface area (Å²) in [6.07, 6.45) is 2.87. The van der Waals surface area contributed by atoms with Crippen LogP contribution in [-0.2, 0) is 21.4 Å². The fraction of sp³-hybridized carbons (Fsp3) is 0.387. The standard InChI is InChI=1S/C31H34N2O2/c34-30(28-20-32-21-31(28)22-35-18-16-24-11-7-8-14-27(24)31)33-17-15-26(23-9-3-1-4-10-23)19-29(33)25-12-5-2-6-13-25/h1-14,26,28-29,32H,15-22H2/t26-,28+,29+,31?/m1/s1. The Labute approximate surface area is 208 Å². The molecule has 0 aliphatic carbocycles. The number of nitrogens with one attached hydrogen (secondary N) is 1. The van der Waals surface area contributed by atoms with E-state index < -0.39 is 0 Å². The van der Waals surface area contributed by atoms with Crippen molar-refractivity contribution < 1.29 is 9.53 Å². The summed E-state index contributed by atoms with van der Waals surface area (Å²) < 4.78 is 6.16. The van der Waals surface area contributed by atoms with Gasteiger partial charge in [-0.3, -0.25) is 4.79 Å². The van der Waals surface area contributed by atoms with Gasteiger partial charge >= 0.3 is 0 Å². The van der Waals surface area contributed by atoms with E-state index in [1.54, 1.807) is 0 Å². The number of rotatable bonds is 3. The Morgan fingerprint density at radius 1 is 0.914 bits per heavy atom. The molecule has 3 aliphatic heterocycles. The molecule has 2 saturated heterocycles. The van der Waals surface area contributed by atoms with Gasteiger partial charge in [-0.25, -0.2) is 0 Å². The number of likely N-dealkylation sites (tertiary alicyclic amines) is 1. The highest BCUT2D eigenvalue weighted by Crippen LogP contribution is 2.44. The molecule has 4 heteroatoms. The number of piperidine rings is 1. The van der Waals surface area contributed by atoms with Crippen LogP contribution < -0.4 is 5.32 Å². The SMILES string of the molecule is O=C([C@@H]1CNCC12COCCc1ccccc12)N1CC[C@@H](c2ccccc2)C[C@H]1c1ccccc1. The Morgan fingerprint density at radius 3 is 2.43 bits per heavy atom. The van der Waals surface area contributed by atoms with Crippen molar-refractivity contribution in [3.05, 3.63) is 107 Å². The molecular weight excluding hydrogens is 432 g/mol. The molecular formula is C31H34N2O2. The first-order chi connectivity index (χ1) is 17.3. The first-order valence-electron chi connectivity index (χ1n) is 13.0. The van der Waals surface area contributed by atoms with E-state index in [4.69, 9.17) is 4.74 Å². The monoisotopic (exact) mass is 466 g/mol. The van der Waals surface area contributed by atoms with E-state index in [1.807, 2.05) is 0 Å². The van der Waals surface area contributed by atoms with Crippen LogP contribution in [0, 0.1) is 5.92 Å². The van der Waals surface area contributed by atoms with Crippen LogP contribution in [0.2, 0.25) is 0 Å². The molecule has 4 nitrogen and oxygen atoms in total. The van der Waals surface area contributed by atoms with Crippen LogP contribution in [0.1, 0.15) is 47.1 Å². The van der Waals surface area contributed by atoms with Gasteiger partial charge in [0.1, 0.15) is 0 Å². The van der Waals surface area contributed by atoms with Crippen molar-refractivity contribution in [3.8, 4) is 0 Å². The first-order valence-corrected chi connectivity index (χ1v) is 13.0. The van der Waals surface area contributed by atoms with Crippen LogP contribution in [0.4, 0.5) is 0 Å². The lowest BCUT2D eigenvalue weighted by molar-refractivity contribution is -0.142. The van der Waals surface area contributed by atoms with Crippen molar-refractivity contribution in [3.63, 3.8) is 0 Å². The van der Waals surface area contributed by atoms with Crippen molar-refractivity contribution in [2.45, 2.75) is 36.6 Å². The average Bonchev–Trinajstić information content (AvgIpc) is 3.27. The Morgan fingerprint density at radius 2 is 1.63 bits per heavy atom. The minimum Gasteiger partial charge on any atom is -0.380 e. The topological polar surface area (TPSA) is 41.6 Å². The third kappa shape index (κ3) is 4.09. The van der Waals surface area contributed by atoms with Gasteiger partial charge in [-0.15, -0.1) is 0 Å². The zero-order valence-electron chi connectivity index (χ0n) is 20.2. The molecule has 4 atom stereocenters. The second kappa shape index (κ2) is 9.60. The number of ether oxygens (including phenoxy) is 1. The van der Waals surface area contributed by atoms with E-state index in [1.165, 1.54) is 22.3 Å². The largest absolute Gasteiger partial charge is 0.380 e. The zero-order chi connectivity index (χ0) is 23.7. The number of hydrogen-bond acceptors (Lipinski definition) is 3. The quantitative estimate of drug-likeness (QED) is 0.599. The van der Waals surface area contributed by atoms with Crippen LogP contribution in [0.5, 0.6) is 0 Å². The molecule has 0 radical (unpaired) electrons. The highest BCUT2D eigenvalue weighted by Gasteiger charge is 2.52. The van der Waals surface area contributed by atoms with Gasteiger partial charge in [0.25, 0.3) is 0 Å². The van der Waals surface area contributed by atoms with Crippen LogP contribution in [-0.4, -0.2) is 43.7 Å². The summed E-state index contributed by atoms with van der Waals surface area (Å²) in [5.74, 6) is 0.611. The maximum absolute atomic E-state index is 14.5. The molecule has 0 saturated carbocycles. The smallest absolute Gasteiger partial charge is 0.228 e. The molecule has 6 rings (SSSR count). The fourth-order valence-electron chi connectivity index (χ4n) is 6.70. The lowest BCUT2D eigenvalue weighted by Crippen LogP contribution is -2.51. The molecule has 0 bridgehead atoms. The molecule has 3 aliphatic rings. The van der Waals surface area contributed by atoms with Crippen molar-refractivity contribution in [2.24, 2.45) is 5.92 Å². The lowest BCUT2D eigenvalue weighted by atomic mass is 9.70. The van der Waals surface area contributed by atoms with E-state index in [2.05, 4.69) is 95.1 Å². The summed E-state index contributed by atoms with van der Waals surface area (Å²) in [7, 11) is 0. The second-order valence-electron chi connectivity index (χ2n) is 10.4. The third-order valence-electron chi connectivity index (χ3n) is 8.52. The second-order valence-corrected chi connectivity index (χ2v) is 10.4. The summed E-state index contributed by atoms with van der Waals surface area (Å²) in [5.41, 5.74) is 4.94. The molecule has 1 amide bonds. The van der Waals surface area contributed by atoms with Gasteiger partial charge in [-0.2, -0.15) is 0 Å². The van der Waals surface area contributed by atoms with Crippen molar-refractivity contribution in [2.75, 3.05) is 32.8 Å². The van der Waals surface area contributed by atoms with E-state index >= 15 is 0 Å². The third-order valence-corrected chi connectivity index (χ3v) is 8.52. The predicted octanol–water partition coefficient (Wildman–Crippen LogP) is 4.86. The van der Waals surface area contributed by atoms with Crippen molar-refractivity contribution in [1.29, 1.82) is 0 Å². The minimum atomic E-state index is -0.304. The molecule has 1 spiro atoms. The van der Waals surface area contributed by atoms with E-state index in [9.17, 15) is 4.79 Å². The van der Waals surface area contributed by atoms with Gasteiger partial charge in [0.05, 0.1) is 25.2 Å². The number of carbonyl (C=O) groups excluding carboxylic acids is 1. The van der Waals surface area contributed by atoms with Gasteiger partial charge in [0.15, 0.2) is 0 Å². The zero-order valence-corrected chi connectivity index (χ0v) is 20.2. The Hall–Kier alpha value is -2.95. The van der Waals surface area contributed by atoms with Gasteiger partial charge in [0, 0.05) is 25.0 Å². The molecule has 3 heterocycles. The summed E-state index contributed by atoms with van der Waals surface area (Å²) >= 11 is 0. The normalized spacial score (nSPS) is 28.5. The molecule has 3 aromatic rings. The van der Waals surface area contributed by atoms with Crippen LogP contribution in [0.3, 0.4) is 0 Å². The van der Waals surface area contributed by atoms with E-state index in [0.29, 0.717) is 19.1 Å². The molecule has 35 heavy (non-hydrogen) atoms. The number of amides is 1. The van der Waals surface area contributed by atoms with Crippen LogP contribution >= 0.6 is 0 Å². The molecule has 180 valence electrons. The number of carbonyl (C=O) groups is 1. The molecule has 0 aromatic heterocycles. The molecule has 3 aromatic carbocycles. The van der Waals surface area contributed by atoms with E-state index in [-0.39, 0.29) is 23.3 Å². The molecule has 1 N–H and O–H groups in total. The number of nitrogens with zero attached hydrogens (tertiary/aromatic N) is 1. The maximum atomic E-state index is 14.5. The van der Waals surface area contributed by atoms with Crippen molar-refractivity contribution >= 4 is 5.91 Å². The van der Waals surface area contributed by atoms with Gasteiger partial charge in [-0.05, 0) is 47.4 Å². The van der Waals surface area contributed by atoms with Gasteiger partial charge in [0.2, 0.25) is 5.91 Å². The summed E-state index contributed by atoms with van der Waals surface area (Å²) in [6.45, 7) is 3.60. The fourth-order valence-corrected chi connectivity index (χ4v) is 6.70. The van der Waals surface area contributed by atoms with Crippen LogP contribution in [0.15, 0.2) is 84.9 Å². The maximum Gasteiger partial charge on any atom is 0.228 e. The summed E-state index contributed by atoms with van der Waals surface area (Å²) in [6, 6.07) is 30.2. The number of benzene rings is 3. The summed E-state index contributed by atoms with van der Waals surface area (Å²) in [5, 5.41) is 3.58. The molecule has 1 unspecified atom stereocenters. The highest BCUT2D eigenvalue weighted by atomic mass is 16.5. The molecule has 2 fully saturated rings. The highest BCUT2D eigenvalue weighted by molar-refractivity contribution is 5.82. The predicted molar refractivity (Wildman–Crippen MR) is 138 cm³/mol. The number of hydrogen-bond donors (Lipinski definition) is 1. The lowest BCUT2D eigenvalue weighted by Gasteiger charge is -2.44. The first kappa shape index (κ1) is 22.5. The van der Waals surface area contributed by atoms with Gasteiger partial charge < -0.3 is 15.0 Å². The van der Waals surface area contributed by atoms with Crippen molar-refractivity contribution in [1.82, 2.24) is 10.2 Å². The Balaban J connectivity index is 1.34. The summed E-state index contributed by atoms with van der Waals surface area (Å²) in [4.78, 5) is 16.6. The van der Waals surface area contributed by atoms with E-state index in [0.717, 1.165) is 39.0 Å². The average molecular weight is 467 g/mol. The Kier molecular flexibility index (Phi) is 6.17. The minimum absolute atomic E-state index is 0.0854. The van der Waals surface area contributed by atoms with Crippen LogP contribution in [0.25, 0.3) is 0 Å². The van der Waals surface area contributed by atoms with Gasteiger partial charge in [-0.1, -0.05) is 84.9 Å².